The molecule has 0 saturated carbocycles. The number of hydrogen-bond acceptors (Lipinski definition) is 7. The molecule has 2 aliphatic heterocycles. The lowest BCUT2D eigenvalue weighted by Gasteiger charge is -2.26. The van der Waals surface area contributed by atoms with Crippen LogP contribution in [-0.2, 0) is 9.47 Å². The molecule has 3 aromatic carbocycles. The molecule has 0 spiro atoms. The molecule has 2 fully saturated rings. The minimum absolute atomic E-state index is 0. The van der Waals surface area contributed by atoms with Crippen molar-refractivity contribution in [3.63, 3.8) is 0 Å². The van der Waals surface area contributed by atoms with Gasteiger partial charge in [0.05, 0.1) is 32.0 Å². The van der Waals surface area contributed by atoms with E-state index in [2.05, 4.69) is 15.9 Å². The van der Waals surface area contributed by atoms with E-state index in [-0.39, 0.29) is 24.8 Å². The molecule has 0 amide bonds. The van der Waals surface area contributed by atoms with E-state index in [1.165, 1.54) is 0 Å². The van der Waals surface area contributed by atoms with Crippen LogP contribution in [0.3, 0.4) is 0 Å². The molecule has 0 aromatic heterocycles. The fourth-order valence-electron chi connectivity index (χ4n) is 5.00. The molecule has 0 bridgehead atoms. The molecule has 0 N–H and O–H groups in total. The summed E-state index contributed by atoms with van der Waals surface area (Å²) in [4.78, 5) is 4.71. The summed E-state index contributed by atoms with van der Waals surface area (Å²) in [6, 6.07) is 28.4. The highest BCUT2D eigenvalue weighted by Gasteiger charge is 2.16. The maximum Gasteiger partial charge on any atom is 0.119 e. The van der Waals surface area contributed by atoms with Gasteiger partial charge in [-0.05, 0) is 41.0 Å². The van der Waals surface area contributed by atoms with Crippen LogP contribution in [0.2, 0.25) is 0 Å². The predicted molar refractivity (Wildman–Crippen MR) is 171 cm³/mol. The summed E-state index contributed by atoms with van der Waals surface area (Å²) in [6.07, 6.45) is 0. The highest BCUT2D eigenvalue weighted by Crippen LogP contribution is 2.33. The normalized spacial score (nSPS) is 15.4. The number of halogens is 2. The molecule has 7 nitrogen and oxygen atoms in total. The fraction of sp³-hybridized carbons (Fsp3) is 0.364. The molecule has 0 atom stereocenters. The number of morpholine rings is 2. The first-order valence-corrected chi connectivity index (χ1v) is 14.1. The molecule has 0 unspecified atom stereocenters. The summed E-state index contributed by atoms with van der Waals surface area (Å²) in [5.41, 5.74) is 4.32. The van der Waals surface area contributed by atoms with Gasteiger partial charge in [0.1, 0.15) is 30.8 Å². The second-order valence-corrected chi connectivity index (χ2v) is 9.88. The van der Waals surface area contributed by atoms with Crippen molar-refractivity contribution in [2.75, 3.05) is 78.9 Å². The zero-order valence-electron chi connectivity index (χ0n) is 23.8. The first-order chi connectivity index (χ1) is 19.8. The Balaban J connectivity index is 0.00000242. The standard InChI is InChI=1S/C33H37N3O4.2ClH/c34-26-32(27-4-2-1-3-5-27)33(28-6-10-30(11-7-28)39-24-18-35-14-20-37-21-15-35)29-8-12-31(13-9-29)40-25-19-36-16-22-38-23-17-36;;/h1-13H,14-25H2;2*1H. The second-order valence-electron chi connectivity index (χ2n) is 9.88. The summed E-state index contributed by atoms with van der Waals surface area (Å²) >= 11 is 0. The lowest BCUT2D eigenvalue weighted by atomic mass is 9.90. The van der Waals surface area contributed by atoms with Gasteiger partial charge in [0.15, 0.2) is 0 Å². The molecular formula is C33H39Cl2N3O4. The number of nitrogens with zero attached hydrogens (tertiary/aromatic N) is 3. The van der Waals surface area contributed by atoms with Crippen molar-refractivity contribution in [1.29, 1.82) is 5.26 Å². The Kier molecular flexibility index (Phi) is 14.1. The number of ether oxygens (including phenoxy) is 4. The first kappa shape index (κ1) is 33.4. The Bertz CT molecular complexity index is 1200. The average Bonchev–Trinajstić information content (AvgIpc) is 3.02. The van der Waals surface area contributed by atoms with Crippen LogP contribution in [0.15, 0.2) is 78.9 Å². The predicted octanol–water partition coefficient (Wildman–Crippen LogP) is 5.43. The summed E-state index contributed by atoms with van der Waals surface area (Å²) in [5.74, 6) is 1.64. The van der Waals surface area contributed by atoms with Crippen molar-refractivity contribution in [3.05, 3.63) is 95.6 Å². The highest BCUT2D eigenvalue weighted by molar-refractivity contribution is 6.03. The molecule has 42 heavy (non-hydrogen) atoms. The summed E-state index contributed by atoms with van der Waals surface area (Å²) in [7, 11) is 0. The number of rotatable bonds is 11. The van der Waals surface area contributed by atoms with E-state index < -0.39 is 0 Å². The first-order valence-electron chi connectivity index (χ1n) is 14.1. The minimum atomic E-state index is 0. The van der Waals surface area contributed by atoms with Crippen LogP contribution in [0.4, 0.5) is 0 Å². The second kappa shape index (κ2) is 17.8. The van der Waals surface area contributed by atoms with Gasteiger partial charge in [0.2, 0.25) is 0 Å². The maximum absolute atomic E-state index is 10.3. The van der Waals surface area contributed by atoms with Gasteiger partial charge in [-0.15, -0.1) is 24.8 Å². The maximum atomic E-state index is 10.3. The monoisotopic (exact) mass is 611 g/mol. The van der Waals surface area contributed by atoms with Crippen LogP contribution in [-0.4, -0.2) is 88.7 Å². The van der Waals surface area contributed by atoms with Crippen LogP contribution < -0.4 is 9.47 Å². The molecule has 5 rings (SSSR count). The fourth-order valence-corrected chi connectivity index (χ4v) is 5.00. The summed E-state index contributed by atoms with van der Waals surface area (Å²) in [6.45, 7) is 9.95. The number of nitriles is 1. The Morgan fingerprint density at radius 3 is 1.45 bits per heavy atom. The SMILES string of the molecule is Cl.Cl.N#CC(=C(c1ccc(OCCN2CCOCC2)cc1)c1ccc(OCCN2CCOCC2)cc1)c1ccccc1. The van der Waals surface area contributed by atoms with Gasteiger partial charge in [-0.2, -0.15) is 5.26 Å². The molecule has 224 valence electrons. The van der Waals surface area contributed by atoms with E-state index >= 15 is 0 Å². The molecule has 0 radical (unpaired) electrons. The van der Waals surface area contributed by atoms with Gasteiger partial charge in [0, 0.05) is 44.8 Å². The molecule has 3 aromatic rings. The molecule has 9 heteroatoms. The van der Waals surface area contributed by atoms with Crippen molar-refractivity contribution >= 4 is 36.0 Å². The molecule has 2 heterocycles. The van der Waals surface area contributed by atoms with Crippen molar-refractivity contribution in [2.24, 2.45) is 0 Å². The zero-order valence-corrected chi connectivity index (χ0v) is 25.4. The van der Waals surface area contributed by atoms with Crippen LogP contribution in [0.1, 0.15) is 16.7 Å². The van der Waals surface area contributed by atoms with Gasteiger partial charge < -0.3 is 18.9 Å². The van der Waals surface area contributed by atoms with Gasteiger partial charge in [0.25, 0.3) is 0 Å². The third kappa shape index (κ3) is 9.47. The summed E-state index contributed by atoms with van der Waals surface area (Å²) in [5, 5.41) is 10.3. The molecule has 2 saturated heterocycles. The van der Waals surface area contributed by atoms with Crippen LogP contribution in [0.25, 0.3) is 11.1 Å². The van der Waals surface area contributed by atoms with Gasteiger partial charge in [-0.1, -0.05) is 54.6 Å². The van der Waals surface area contributed by atoms with Crippen molar-refractivity contribution < 1.29 is 18.9 Å². The smallest absolute Gasteiger partial charge is 0.119 e. The average molecular weight is 613 g/mol. The Morgan fingerprint density at radius 1 is 0.619 bits per heavy atom. The van der Waals surface area contributed by atoms with Gasteiger partial charge >= 0.3 is 0 Å². The van der Waals surface area contributed by atoms with Crippen LogP contribution in [0, 0.1) is 11.3 Å². The highest BCUT2D eigenvalue weighted by atomic mass is 35.5. The number of allylic oxidation sites excluding steroid dienone is 1. The Morgan fingerprint density at radius 2 is 1.05 bits per heavy atom. The third-order valence-corrected chi connectivity index (χ3v) is 7.27. The van der Waals surface area contributed by atoms with E-state index in [1.54, 1.807) is 0 Å². The lowest BCUT2D eigenvalue weighted by molar-refractivity contribution is 0.0321. The Hall–Kier alpha value is -3.09. The van der Waals surface area contributed by atoms with Gasteiger partial charge in [-0.3, -0.25) is 9.80 Å². The Labute approximate surface area is 261 Å². The van der Waals surface area contributed by atoms with Crippen molar-refractivity contribution in [2.45, 2.75) is 0 Å². The van der Waals surface area contributed by atoms with E-state index in [4.69, 9.17) is 18.9 Å². The van der Waals surface area contributed by atoms with Crippen LogP contribution >= 0.6 is 24.8 Å². The topological polar surface area (TPSA) is 67.2 Å². The number of benzene rings is 3. The quantitative estimate of drug-likeness (QED) is 0.211. The zero-order chi connectivity index (χ0) is 27.4. The van der Waals surface area contributed by atoms with E-state index in [0.29, 0.717) is 18.8 Å². The molecular weight excluding hydrogens is 573 g/mol. The molecule has 2 aliphatic rings. The minimum Gasteiger partial charge on any atom is -0.492 e. The largest absolute Gasteiger partial charge is 0.492 e. The summed E-state index contributed by atoms with van der Waals surface area (Å²) < 4.78 is 22.9. The number of hydrogen-bond donors (Lipinski definition) is 0. The van der Waals surface area contributed by atoms with Gasteiger partial charge in [-0.25, -0.2) is 0 Å². The molecule has 0 aliphatic carbocycles. The van der Waals surface area contributed by atoms with Crippen molar-refractivity contribution in [1.82, 2.24) is 9.80 Å². The van der Waals surface area contributed by atoms with Crippen molar-refractivity contribution in [3.8, 4) is 17.6 Å². The van der Waals surface area contributed by atoms with E-state index in [1.807, 2.05) is 78.9 Å². The van der Waals surface area contributed by atoms with E-state index in [0.717, 1.165) is 99.5 Å². The lowest BCUT2D eigenvalue weighted by Crippen LogP contribution is -2.38. The third-order valence-electron chi connectivity index (χ3n) is 7.27. The van der Waals surface area contributed by atoms with Crippen LogP contribution in [0.5, 0.6) is 11.5 Å². The van der Waals surface area contributed by atoms with E-state index in [9.17, 15) is 5.26 Å².